The Kier molecular flexibility index (Phi) is 8.33. The number of hydrogen-bond donors (Lipinski definition) is 3. The number of aliphatic hydroxyl groups is 2. The number of nitrogens with one attached hydrogen (secondary N) is 1. The van der Waals surface area contributed by atoms with Crippen LogP contribution in [0.2, 0.25) is 0 Å². The van der Waals surface area contributed by atoms with E-state index < -0.39 is 46.2 Å². The summed E-state index contributed by atoms with van der Waals surface area (Å²) < 4.78 is 66.4. The molecule has 1 amide bonds. The molecule has 0 radical (unpaired) electrons. The summed E-state index contributed by atoms with van der Waals surface area (Å²) in [6.07, 6.45) is -4.42. The molecule has 12 heteroatoms. The summed E-state index contributed by atoms with van der Waals surface area (Å²) >= 11 is 0. The van der Waals surface area contributed by atoms with Crippen molar-refractivity contribution in [2.45, 2.75) is 43.5 Å². The summed E-state index contributed by atoms with van der Waals surface area (Å²) in [6.45, 7) is 2.86. The van der Waals surface area contributed by atoms with Crippen molar-refractivity contribution in [1.29, 1.82) is 0 Å². The van der Waals surface area contributed by atoms with Crippen LogP contribution in [0, 0.1) is 0 Å². The smallest absolute Gasteiger partial charge is 0.394 e. The fourth-order valence-corrected chi connectivity index (χ4v) is 5.40. The number of aromatic nitrogens is 2. The minimum Gasteiger partial charge on any atom is -0.394 e. The van der Waals surface area contributed by atoms with Crippen molar-refractivity contribution >= 4 is 21.4 Å². The maximum atomic E-state index is 13.6. The van der Waals surface area contributed by atoms with Gasteiger partial charge in [0.15, 0.2) is 9.84 Å². The summed E-state index contributed by atoms with van der Waals surface area (Å²) in [6, 6.07) is 12.7. The lowest BCUT2D eigenvalue weighted by molar-refractivity contribution is -0.139. The van der Waals surface area contributed by atoms with Crippen LogP contribution in [0.4, 0.5) is 13.2 Å². The molecule has 2 atom stereocenters. The summed E-state index contributed by atoms with van der Waals surface area (Å²) in [5, 5.41) is 23.5. The lowest BCUT2D eigenvalue weighted by Gasteiger charge is -2.17. The van der Waals surface area contributed by atoms with Crippen LogP contribution >= 0.6 is 0 Å². The van der Waals surface area contributed by atoms with Gasteiger partial charge in [-0.25, -0.2) is 13.4 Å². The zero-order valence-corrected chi connectivity index (χ0v) is 22.5. The van der Waals surface area contributed by atoms with Gasteiger partial charge < -0.3 is 19.9 Å². The maximum absolute atomic E-state index is 13.6. The molecule has 212 valence electrons. The van der Waals surface area contributed by atoms with Gasteiger partial charge in [0.1, 0.15) is 11.8 Å². The fourth-order valence-electron chi connectivity index (χ4n) is 4.52. The molecule has 0 spiro atoms. The standard InChI is InChI=1S/C28H28F3N3O5S/c1-3-23-25(26(36)20-7-5-6-8-21(20)28(29,30)31)33-24-15-18(13-14-34(23)24)27(37)32-22(16-35)17-9-11-19(12-10-17)40(38,39)4-2/h5-15,22,26,35-36H,3-4,16H2,1-2H3,(H,32,37)/t22-,26?/m0/s1. The molecule has 2 aromatic carbocycles. The van der Waals surface area contributed by atoms with Gasteiger partial charge >= 0.3 is 6.18 Å². The largest absolute Gasteiger partial charge is 0.416 e. The average molecular weight is 576 g/mol. The Morgan fingerprint density at radius 2 is 1.75 bits per heavy atom. The lowest BCUT2D eigenvalue weighted by atomic mass is 9.98. The van der Waals surface area contributed by atoms with Crippen molar-refractivity contribution in [2.24, 2.45) is 0 Å². The summed E-state index contributed by atoms with van der Waals surface area (Å²) in [4.78, 5) is 17.6. The van der Waals surface area contributed by atoms with Gasteiger partial charge in [-0.15, -0.1) is 0 Å². The molecule has 3 N–H and O–H groups in total. The molecular formula is C28H28F3N3O5S. The number of aryl methyl sites for hydroxylation is 1. The molecule has 0 saturated carbocycles. The van der Waals surface area contributed by atoms with Crippen molar-refractivity contribution < 1.29 is 36.6 Å². The SMILES string of the molecule is CCc1c(C(O)c2ccccc2C(F)(F)F)nc2cc(C(=O)N[C@@H](CO)c3ccc(S(=O)(=O)CC)cc3)ccn12. The van der Waals surface area contributed by atoms with E-state index in [0.29, 0.717) is 17.7 Å². The number of imidazole rings is 1. The van der Waals surface area contributed by atoms with E-state index in [0.717, 1.165) is 6.07 Å². The molecule has 4 rings (SSSR count). The Morgan fingerprint density at radius 3 is 2.35 bits per heavy atom. The van der Waals surface area contributed by atoms with Crippen LogP contribution in [0.3, 0.4) is 0 Å². The van der Waals surface area contributed by atoms with Crippen LogP contribution in [0.1, 0.15) is 64.4 Å². The molecule has 0 aliphatic carbocycles. The normalized spacial score (nSPS) is 13.8. The number of carbonyl (C=O) groups excluding carboxylic acids is 1. The highest BCUT2D eigenvalue weighted by Crippen LogP contribution is 2.37. The maximum Gasteiger partial charge on any atom is 0.416 e. The quantitative estimate of drug-likeness (QED) is 0.274. The Bertz CT molecular complexity index is 1630. The number of fused-ring (bicyclic) bond motifs is 1. The monoisotopic (exact) mass is 575 g/mol. The topological polar surface area (TPSA) is 121 Å². The van der Waals surface area contributed by atoms with E-state index in [9.17, 15) is 36.6 Å². The lowest BCUT2D eigenvalue weighted by Crippen LogP contribution is -2.30. The molecule has 0 aliphatic heterocycles. The average Bonchev–Trinajstić information content (AvgIpc) is 3.32. The van der Waals surface area contributed by atoms with E-state index in [4.69, 9.17) is 0 Å². The molecule has 4 aromatic rings. The number of halogens is 3. The molecular weight excluding hydrogens is 547 g/mol. The highest BCUT2D eigenvalue weighted by Gasteiger charge is 2.36. The van der Waals surface area contributed by atoms with Crippen molar-refractivity contribution in [3.63, 3.8) is 0 Å². The zero-order chi connectivity index (χ0) is 29.2. The van der Waals surface area contributed by atoms with E-state index in [1.807, 2.05) is 0 Å². The highest BCUT2D eigenvalue weighted by molar-refractivity contribution is 7.91. The van der Waals surface area contributed by atoms with E-state index >= 15 is 0 Å². The summed E-state index contributed by atoms with van der Waals surface area (Å²) in [5.74, 6) is -0.617. The first kappa shape index (κ1) is 29.2. The predicted octanol–water partition coefficient (Wildman–Crippen LogP) is 4.25. The molecule has 0 saturated heterocycles. The van der Waals surface area contributed by atoms with Crippen LogP contribution in [-0.4, -0.2) is 46.3 Å². The first-order valence-corrected chi connectivity index (χ1v) is 14.2. The Balaban J connectivity index is 1.63. The Labute approximate surface area is 229 Å². The van der Waals surface area contributed by atoms with Crippen LogP contribution in [-0.2, 0) is 22.4 Å². The van der Waals surface area contributed by atoms with Gasteiger partial charge in [0.05, 0.1) is 34.6 Å². The second kappa shape index (κ2) is 11.4. The summed E-state index contributed by atoms with van der Waals surface area (Å²) in [5.41, 5.74) is 0.161. The number of rotatable bonds is 9. The number of sulfone groups is 1. The number of benzene rings is 2. The summed E-state index contributed by atoms with van der Waals surface area (Å²) in [7, 11) is -3.40. The van der Waals surface area contributed by atoms with Gasteiger partial charge in [0, 0.05) is 17.5 Å². The molecule has 0 bridgehead atoms. The van der Waals surface area contributed by atoms with Gasteiger partial charge in [-0.2, -0.15) is 13.2 Å². The van der Waals surface area contributed by atoms with Crippen LogP contribution < -0.4 is 5.32 Å². The van der Waals surface area contributed by atoms with Crippen molar-refractivity contribution in [3.05, 3.63) is 101 Å². The van der Waals surface area contributed by atoms with E-state index in [1.54, 1.807) is 17.5 Å². The van der Waals surface area contributed by atoms with Crippen molar-refractivity contribution in [2.75, 3.05) is 12.4 Å². The first-order valence-electron chi connectivity index (χ1n) is 12.5. The second-order valence-corrected chi connectivity index (χ2v) is 11.4. The van der Waals surface area contributed by atoms with Gasteiger partial charge in [0.2, 0.25) is 0 Å². The number of carbonyl (C=O) groups is 1. The number of pyridine rings is 1. The van der Waals surface area contributed by atoms with Crippen LogP contribution in [0.25, 0.3) is 5.65 Å². The number of nitrogens with zero attached hydrogens (tertiary/aromatic N) is 2. The van der Waals surface area contributed by atoms with Crippen LogP contribution in [0.5, 0.6) is 0 Å². The number of hydrogen-bond acceptors (Lipinski definition) is 6. The minimum atomic E-state index is -4.66. The predicted molar refractivity (Wildman–Crippen MR) is 142 cm³/mol. The molecule has 0 fully saturated rings. The molecule has 2 heterocycles. The third-order valence-corrected chi connectivity index (χ3v) is 8.43. The molecule has 8 nitrogen and oxygen atoms in total. The van der Waals surface area contributed by atoms with Crippen molar-refractivity contribution in [1.82, 2.24) is 14.7 Å². The highest BCUT2D eigenvalue weighted by atomic mass is 32.2. The molecule has 2 aromatic heterocycles. The van der Waals surface area contributed by atoms with Gasteiger partial charge in [-0.1, -0.05) is 44.2 Å². The van der Waals surface area contributed by atoms with Crippen LogP contribution in [0.15, 0.2) is 71.8 Å². The van der Waals surface area contributed by atoms with E-state index in [-0.39, 0.29) is 33.1 Å². The molecule has 0 aliphatic rings. The van der Waals surface area contributed by atoms with E-state index in [1.165, 1.54) is 61.5 Å². The molecule has 40 heavy (non-hydrogen) atoms. The first-order chi connectivity index (χ1) is 18.9. The van der Waals surface area contributed by atoms with Crippen molar-refractivity contribution in [3.8, 4) is 0 Å². The third-order valence-electron chi connectivity index (χ3n) is 6.68. The Hall–Kier alpha value is -3.74. The zero-order valence-electron chi connectivity index (χ0n) is 21.7. The number of aliphatic hydroxyl groups excluding tert-OH is 2. The Morgan fingerprint density at radius 1 is 1.07 bits per heavy atom. The number of alkyl halides is 3. The minimum absolute atomic E-state index is 0.0483. The third kappa shape index (κ3) is 5.74. The van der Waals surface area contributed by atoms with Gasteiger partial charge in [-0.05, 0) is 47.9 Å². The number of amides is 1. The van der Waals surface area contributed by atoms with E-state index in [2.05, 4.69) is 10.3 Å². The fraction of sp³-hybridized carbons (Fsp3) is 0.286. The van der Waals surface area contributed by atoms with Gasteiger partial charge in [-0.3, -0.25) is 4.79 Å². The second-order valence-electron chi connectivity index (χ2n) is 9.11. The van der Waals surface area contributed by atoms with Gasteiger partial charge in [0.25, 0.3) is 5.91 Å². The molecule has 1 unspecified atom stereocenters.